The molecular formula is C11H16N2O2. The van der Waals surface area contributed by atoms with Gasteiger partial charge in [0.05, 0.1) is 19.3 Å². The van der Waals surface area contributed by atoms with Crippen LogP contribution >= 0.6 is 0 Å². The fraction of sp³-hybridized carbons (Fsp3) is 0.364. The van der Waals surface area contributed by atoms with Crippen LogP contribution in [-0.2, 0) is 4.79 Å². The van der Waals surface area contributed by atoms with Gasteiger partial charge in [-0.15, -0.1) is 0 Å². The SMILES string of the molecule is COc1ccccc1NCC(=O)N(C)C. The largest absolute Gasteiger partial charge is 0.495 e. The Labute approximate surface area is 89.8 Å². The van der Waals surface area contributed by atoms with Crippen LogP contribution in [0.2, 0.25) is 0 Å². The maximum Gasteiger partial charge on any atom is 0.241 e. The molecule has 0 aliphatic carbocycles. The summed E-state index contributed by atoms with van der Waals surface area (Å²) in [5.41, 5.74) is 0.829. The van der Waals surface area contributed by atoms with E-state index >= 15 is 0 Å². The number of methoxy groups -OCH3 is 1. The van der Waals surface area contributed by atoms with Crippen molar-refractivity contribution in [3.05, 3.63) is 24.3 Å². The van der Waals surface area contributed by atoms with Crippen molar-refractivity contribution >= 4 is 11.6 Å². The van der Waals surface area contributed by atoms with Gasteiger partial charge in [0.15, 0.2) is 0 Å². The van der Waals surface area contributed by atoms with E-state index in [0.717, 1.165) is 11.4 Å². The third kappa shape index (κ3) is 3.16. The molecule has 0 saturated heterocycles. The first kappa shape index (κ1) is 11.4. The van der Waals surface area contributed by atoms with E-state index in [1.54, 1.807) is 26.1 Å². The number of hydrogen-bond acceptors (Lipinski definition) is 3. The number of ether oxygens (including phenoxy) is 1. The van der Waals surface area contributed by atoms with Crippen molar-refractivity contribution in [2.24, 2.45) is 0 Å². The van der Waals surface area contributed by atoms with Gasteiger partial charge in [-0.25, -0.2) is 0 Å². The van der Waals surface area contributed by atoms with Crippen LogP contribution in [0.3, 0.4) is 0 Å². The van der Waals surface area contributed by atoms with Gasteiger partial charge < -0.3 is 15.0 Å². The fourth-order valence-electron chi connectivity index (χ4n) is 1.12. The molecule has 0 unspecified atom stereocenters. The predicted molar refractivity (Wildman–Crippen MR) is 60.2 cm³/mol. The Balaban J connectivity index is 2.61. The van der Waals surface area contributed by atoms with Crippen LogP contribution in [0.1, 0.15) is 0 Å². The van der Waals surface area contributed by atoms with Crippen molar-refractivity contribution in [3.8, 4) is 5.75 Å². The van der Waals surface area contributed by atoms with E-state index in [9.17, 15) is 4.79 Å². The molecule has 1 N–H and O–H groups in total. The minimum absolute atomic E-state index is 0.0286. The second-order valence-electron chi connectivity index (χ2n) is 3.34. The summed E-state index contributed by atoms with van der Waals surface area (Å²) in [7, 11) is 5.06. The fourth-order valence-corrected chi connectivity index (χ4v) is 1.12. The molecule has 0 radical (unpaired) electrons. The summed E-state index contributed by atoms with van der Waals surface area (Å²) in [6, 6.07) is 7.51. The first-order chi connectivity index (χ1) is 7.15. The Kier molecular flexibility index (Phi) is 3.97. The smallest absolute Gasteiger partial charge is 0.241 e. The number of nitrogens with one attached hydrogen (secondary N) is 1. The van der Waals surface area contributed by atoms with Gasteiger partial charge in [0, 0.05) is 14.1 Å². The summed E-state index contributed by atoms with van der Waals surface area (Å²) in [4.78, 5) is 12.9. The second-order valence-corrected chi connectivity index (χ2v) is 3.34. The van der Waals surface area contributed by atoms with Crippen LogP contribution in [0.15, 0.2) is 24.3 Å². The first-order valence-electron chi connectivity index (χ1n) is 4.72. The number of benzene rings is 1. The van der Waals surface area contributed by atoms with Crippen molar-refractivity contribution in [3.63, 3.8) is 0 Å². The zero-order valence-corrected chi connectivity index (χ0v) is 9.28. The van der Waals surface area contributed by atoms with Crippen LogP contribution in [0.25, 0.3) is 0 Å². The normalized spacial score (nSPS) is 9.53. The zero-order chi connectivity index (χ0) is 11.3. The third-order valence-electron chi connectivity index (χ3n) is 2.04. The maximum atomic E-state index is 11.3. The van der Waals surface area contributed by atoms with E-state index in [4.69, 9.17) is 4.74 Å². The van der Waals surface area contributed by atoms with Gasteiger partial charge in [0.25, 0.3) is 0 Å². The average molecular weight is 208 g/mol. The highest BCUT2D eigenvalue weighted by Gasteiger charge is 2.05. The van der Waals surface area contributed by atoms with E-state index < -0.39 is 0 Å². The van der Waals surface area contributed by atoms with Crippen LogP contribution < -0.4 is 10.1 Å². The molecule has 15 heavy (non-hydrogen) atoms. The Morgan fingerprint density at radius 1 is 1.40 bits per heavy atom. The number of carbonyl (C=O) groups is 1. The molecule has 1 amide bonds. The van der Waals surface area contributed by atoms with Crippen LogP contribution in [0.4, 0.5) is 5.69 Å². The zero-order valence-electron chi connectivity index (χ0n) is 9.28. The monoisotopic (exact) mass is 208 g/mol. The Morgan fingerprint density at radius 3 is 2.67 bits per heavy atom. The van der Waals surface area contributed by atoms with Gasteiger partial charge in [0.1, 0.15) is 5.75 Å². The summed E-state index contributed by atoms with van der Waals surface area (Å²) < 4.78 is 5.15. The lowest BCUT2D eigenvalue weighted by atomic mass is 10.3. The van der Waals surface area contributed by atoms with Crippen molar-refractivity contribution < 1.29 is 9.53 Å². The molecule has 0 fully saturated rings. The molecule has 82 valence electrons. The molecule has 1 aromatic rings. The standard InChI is InChI=1S/C11H16N2O2/c1-13(2)11(14)8-12-9-6-4-5-7-10(9)15-3/h4-7,12H,8H2,1-3H3. The van der Waals surface area contributed by atoms with E-state index in [1.165, 1.54) is 0 Å². The highest BCUT2D eigenvalue weighted by molar-refractivity contribution is 5.80. The van der Waals surface area contributed by atoms with Gasteiger partial charge in [-0.2, -0.15) is 0 Å². The Morgan fingerprint density at radius 2 is 2.07 bits per heavy atom. The number of rotatable bonds is 4. The number of amides is 1. The van der Waals surface area contributed by atoms with Gasteiger partial charge in [-0.3, -0.25) is 4.79 Å². The highest BCUT2D eigenvalue weighted by atomic mass is 16.5. The molecule has 0 heterocycles. The molecule has 1 aromatic carbocycles. The molecule has 0 saturated carbocycles. The second kappa shape index (κ2) is 5.24. The van der Waals surface area contributed by atoms with Crippen molar-refractivity contribution in [2.45, 2.75) is 0 Å². The third-order valence-corrected chi connectivity index (χ3v) is 2.04. The molecule has 4 nitrogen and oxygen atoms in total. The number of likely N-dealkylation sites (N-methyl/N-ethyl adjacent to an activating group) is 1. The minimum Gasteiger partial charge on any atom is -0.495 e. The Hall–Kier alpha value is -1.71. The number of nitrogens with zero attached hydrogens (tertiary/aromatic N) is 1. The Bertz CT molecular complexity index is 337. The molecule has 0 spiro atoms. The molecular weight excluding hydrogens is 192 g/mol. The quantitative estimate of drug-likeness (QED) is 0.808. The number of hydrogen-bond donors (Lipinski definition) is 1. The topological polar surface area (TPSA) is 41.6 Å². The lowest BCUT2D eigenvalue weighted by Gasteiger charge is -2.13. The predicted octanol–water partition coefficient (Wildman–Crippen LogP) is 1.20. The molecule has 4 heteroatoms. The van der Waals surface area contributed by atoms with Crippen LogP contribution in [0, 0.1) is 0 Å². The van der Waals surface area contributed by atoms with E-state index in [1.807, 2.05) is 24.3 Å². The van der Waals surface area contributed by atoms with Gasteiger partial charge in [0.2, 0.25) is 5.91 Å². The summed E-state index contributed by atoms with van der Waals surface area (Å²) in [6.45, 7) is 0.271. The maximum absolute atomic E-state index is 11.3. The summed E-state index contributed by atoms with van der Waals surface area (Å²) in [6.07, 6.45) is 0. The van der Waals surface area contributed by atoms with Gasteiger partial charge in [-0.05, 0) is 12.1 Å². The van der Waals surface area contributed by atoms with Crippen molar-refractivity contribution in [2.75, 3.05) is 33.1 Å². The lowest BCUT2D eigenvalue weighted by Crippen LogP contribution is -2.28. The summed E-state index contributed by atoms with van der Waals surface area (Å²) >= 11 is 0. The van der Waals surface area contributed by atoms with Gasteiger partial charge >= 0.3 is 0 Å². The number of para-hydroxylation sites is 2. The molecule has 0 aromatic heterocycles. The minimum atomic E-state index is 0.0286. The first-order valence-corrected chi connectivity index (χ1v) is 4.72. The average Bonchev–Trinajstić information content (AvgIpc) is 2.26. The van der Waals surface area contributed by atoms with Gasteiger partial charge in [-0.1, -0.05) is 12.1 Å². The highest BCUT2D eigenvalue weighted by Crippen LogP contribution is 2.22. The molecule has 1 rings (SSSR count). The summed E-state index contributed by atoms with van der Waals surface area (Å²) in [5.74, 6) is 0.768. The van der Waals surface area contributed by atoms with Crippen molar-refractivity contribution in [1.29, 1.82) is 0 Å². The number of carbonyl (C=O) groups excluding carboxylic acids is 1. The van der Waals surface area contributed by atoms with E-state index in [2.05, 4.69) is 5.32 Å². The van der Waals surface area contributed by atoms with E-state index in [0.29, 0.717) is 0 Å². The van der Waals surface area contributed by atoms with Crippen LogP contribution in [0.5, 0.6) is 5.75 Å². The molecule has 0 bridgehead atoms. The number of anilines is 1. The van der Waals surface area contributed by atoms with Crippen molar-refractivity contribution in [1.82, 2.24) is 4.90 Å². The lowest BCUT2D eigenvalue weighted by molar-refractivity contribution is -0.126. The van der Waals surface area contributed by atoms with E-state index in [-0.39, 0.29) is 12.5 Å². The molecule has 0 aliphatic rings. The molecule has 0 aliphatic heterocycles. The van der Waals surface area contributed by atoms with Crippen LogP contribution in [-0.4, -0.2) is 38.6 Å². The summed E-state index contributed by atoms with van der Waals surface area (Å²) in [5, 5.41) is 3.03. The molecule has 0 atom stereocenters.